The van der Waals surface area contributed by atoms with Gasteiger partial charge in [0, 0.05) is 40.9 Å². The van der Waals surface area contributed by atoms with Gasteiger partial charge in [0.05, 0.1) is 0 Å². The molecule has 100 valence electrons. The normalized spacial score (nSPS) is 37.0. The maximum Gasteiger partial charge on any atom is 0.0249 e. The average Bonchev–Trinajstić information content (AvgIpc) is 2.55. The molecule has 0 amide bonds. The summed E-state index contributed by atoms with van der Waals surface area (Å²) in [5.41, 5.74) is 0. The molecule has 0 aromatic carbocycles. The van der Waals surface area contributed by atoms with Gasteiger partial charge < -0.3 is 5.32 Å². The van der Waals surface area contributed by atoms with E-state index >= 15 is 0 Å². The number of rotatable bonds is 2. The molecule has 1 unspecified atom stereocenters. The van der Waals surface area contributed by atoms with E-state index in [4.69, 9.17) is 0 Å². The molecule has 0 aromatic heterocycles. The Balaban J connectivity index is 1.92. The van der Waals surface area contributed by atoms with Crippen LogP contribution in [0.4, 0.5) is 0 Å². The Kier molecular flexibility index (Phi) is 5.00. The maximum absolute atomic E-state index is 11.4. The van der Waals surface area contributed by atoms with Crippen LogP contribution in [-0.4, -0.2) is 52.3 Å². The number of nitrogens with zero attached hydrogens (tertiary/aromatic N) is 1. The van der Waals surface area contributed by atoms with E-state index in [1.165, 1.54) is 19.5 Å². The van der Waals surface area contributed by atoms with Crippen LogP contribution in [-0.2, 0) is 10.8 Å². The highest BCUT2D eigenvalue weighted by atomic mass is 32.2. The van der Waals surface area contributed by atoms with Gasteiger partial charge in [-0.25, -0.2) is 0 Å². The van der Waals surface area contributed by atoms with Crippen LogP contribution < -0.4 is 5.32 Å². The van der Waals surface area contributed by atoms with Crippen molar-refractivity contribution < 1.29 is 4.21 Å². The zero-order valence-corrected chi connectivity index (χ0v) is 12.0. The van der Waals surface area contributed by atoms with Crippen molar-refractivity contribution in [2.24, 2.45) is 5.92 Å². The SMILES string of the molecule is CC(C)C1CN(C2CCS(=O)CC2)CCCN1. The van der Waals surface area contributed by atoms with E-state index in [1.54, 1.807) is 0 Å². The summed E-state index contributed by atoms with van der Waals surface area (Å²) in [4.78, 5) is 2.65. The van der Waals surface area contributed by atoms with Gasteiger partial charge in [0.2, 0.25) is 0 Å². The Hall–Kier alpha value is 0.0700. The van der Waals surface area contributed by atoms with Crippen molar-refractivity contribution in [3.05, 3.63) is 0 Å². The fraction of sp³-hybridized carbons (Fsp3) is 1.00. The molecule has 2 heterocycles. The molecule has 2 aliphatic heterocycles. The third-order valence-electron chi connectivity index (χ3n) is 4.14. The molecule has 0 radical (unpaired) electrons. The van der Waals surface area contributed by atoms with Gasteiger partial charge in [-0.2, -0.15) is 0 Å². The number of hydrogen-bond acceptors (Lipinski definition) is 3. The first-order valence-electron chi connectivity index (χ1n) is 6.99. The first kappa shape index (κ1) is 13.5. The lowest BCUT2D eigenvalue weighted by atomic mass is 10.0. The minimum Gasteiger partial charge on any atom is -0.312 e. The summed E-state index contributed by atoms with van der Waals surface area (Å²) < 4.78 is 11.4. The van der Waals surface area contributed by atoms with Crippen LogP contribution in [0, 0.1) is 5.92 Å². The average molecular weight is 258 g/mol. The molecule has 2 aliphatic rings. The summed E-state index contributed by atoms with van der Waals surface area (Å²) in [7, 11) is -0.530. The van der Waals surface area contributed by atoms with Crippen LogP contribution in [0.3, 0.4) is 0 Å². The molecule has 3 nitrogen and oxygen atoms in total. The Morgan fingerprint density at radius 1 is 1.29 bits per heavy atom. The smallest absolute Gasteiger partial charge is 0.0249 e. The minimum absolute atomic E-state index is 0.530. The lowest BCUT2D eigenvalue weighted by molar-refractivity contribution is 0.170. The Morgan fingerprint density at radius 2 is 2.00 bits per heavy atom. The zero-order chi connectivity index (χ0) is 12.3. The number of nitrogens with one attached hydrogen (secondary N) is 1. The predicted molar refractivity (Wildman–Crippen MR) is 73.7 cm³/mol. The lowest BCUT2D eigenvalue weighted by Gasteiger charge is -2.35. The highest BCUT2D eigenvalue weighted by Gasteiger charge is 2.28. The summed E-state index contributed by atoms with van der Waals surface area (Å²) in [5.74, 6) is 2.54. The standard InChI is InChI=1S/C13H26N2OS/c1-11(2)13-10-15(7-3-6-14-13)12-4-8-17(16)9-5-12/h11-14H,3-10H2,1-2H3. The van der Waals surface area contributed by atoms with Crippen molar-refractivity contribution in [3.63, 3.8) is 0 Å². The van der Waals surface area contributed by atoms with Crippen molar-refractivity contribution in [1.82, 2.24) is 10.2 Å². The quantitative estimate of drug-likeness (QED) is 0.808. The van der Waals surface area contributed by atoms with Crippen LogP contribution >= 0.6 is 0 Å². The molecule has 2 fully saturated rings. The lowest BCUT2D eigenvalue weighted by Crippen LogP contribution is -2.46. The van der Waals surface area contributed by atoms with E-state index in [-0.39, 0.29) is 0 Å². The van der Waals surface area contributed by atoms with Crippen molar-refractivity contribution >= 4 is 10.8 Å². The second-order valence-electron chi connectivity index (χ2n) is 5.73. The predicted octanol–water partition coefficient (Wildman–Crippen LogP) is 1.22. The second kappa shape index (κ2) is 6.30. The molecule has 0 aromatic rings. The van der Waals surface area contributed by atoms with Crippen molar-refractivity contribution in [2.75, 3.05) is 31.1 Å². The van der Waals surface area contributed by atoms with E-state index < -0.39 is 10.8 Å². The maximum atomic E-state index is 11.4. The van der Waals surface area contributed by atoms with Gasteiger partial charge in [-0.05, 0) is 38.3 Å². The summed E-state index contributed by atoms with van der Waals surface area (Å²) in [6.07, 6.45) is 3.53. The molecule has 17 heavy (non-hydrogen) atoms. The van der Waals surface area contributed by atoms with E-state index in [2.05, 4.69) is 24.1 Å². The van der Waals surface area contributed by atoms with E-state index in [1.807, 2.05) is 0 Å². The van der Waals surface area contributed by atoms with Gasteiger partial charge in [0.15, 0.2) is 0 Å². The summed E-state index contributed by atoms with van der Waals surface area (Å²) >= 11 is 0. The van der Waals surface area contributed by atoms with Gasteiger partial charge in [-0.3, -0.25) is 9.11 Å². The van der Waals surface area contributed by atoms with Crippen LogP contribution in [0.15, 0.2) is 0 Å². The molecule has 0 bridgehead atoms. The topological polar surface area (TPSA) is 32.3 Å². The van der Waals surface area contributed by atoms with Gasteiger partial charge in [0.25, 0.3) is 0 Å². The highest BCUT2D eigenvalue weighted by Crippen LogP contribution is 2.19. The fourth-order valence-electron chi connectivity index (χ4n) is 2.90. The van der Waals surface area contributed by atoms with Crippen molar-refractivity contribution in [3.8, 4) is 0 Å². The molecular weight excluding hydrogens is 232 g/mol. The van der Waals surface area contributed by atoms with Gasteiger partial charge in [-0.15, -0.1) is 0 Å². The zero-order valence-electron chi connectivity index (χ0n) is 11.2. The summed E-state index contributed by atoms with van der Waals surface area (Å²) in [6.45, 7) is 8.15. The summed E-state index contributed by atoms with van der Waals surface area (Å²) in [5, 5.41) is 3.66. The molecule has 0 spiro atoms. The van der Waals surface area contributed by atoms with Gasteiger partial charge >= 0.3 is 0 Å². The molecule has 2 rings (SSSR count). The van der Waals surface area contributed by atoms with E-state index in [0.29, 0.717) is 18.0 Å². The van der Waals surface area contributed by atoms with Crippen molar-refractivity contribution in [2.45, 2.75) is 45.2 Å². The van der Waals surface area contributed by atoms with Crippen molar-refractivity contribution in [1.29, 1.82) is 0 Å². The van der Waals surface area contributed by atoms with Crippen LogP contribution in [0.25, 0.3) is 0 Å². The first-order chi connectivity index (χ1) is 8.16. The Labute approximate surface area is 108 Å². The second-order valence-corrected chi connectivity index (χ2v) is 7.43. The fourth-order valence-corrected chi connectivity index (χ4v) is 4.18. The summed E-state index contributed by atoms with van der Waals surface area (Å²) in [6, 6.07) is 1.32. The largest absolute Gasteiger partial charge is 0.312 e. The Morgan fingerprint density at radius 3 is 2.65 bits per heavy atom. The Bertz CT molecular complexity index is 260. The molecule has 0 aliphatic carbocycles. The van der Waals surface area contributed by atoms with Gasteiger partial charge in [0.1, 0.15) is 0 Å². The molecule has 2 saturated heterocycles. The molecule has 1 atom stereocenters. The molecule has 1 N–H and O–H groups in total. The number of hydrogen-bond donors (Lipinski definition) is 1. The molecular formula is C13H26N2OS. The first-order valence-corrected chi connectivity index (χ1v) is 8.48. The third-order valence-corrected chi connectivity index (χ3v) is 5.52. The molecule has 4 heteroatoms. The van der Waals surface area contributed by atoms with Crippen LogP contribution in [0.2, 0.25) is 0 Å². The minimum atomic E-state index is -0.530. The van der Waals surface area contributed by atoms with E-state index in [0.717, 1.165) is 30.9 Å². The highest BCUT2D eigenvalue weighted by molar-refractivity contribution is 7.85. The molecule has 0 saturated carbocycles. The van der Waals surface area contributed by atoms with Crippen LogP contribution in [0.5, 0.6) is 0 Å². The third kappa shape index (κ3) is 3.76. The monoisotopic (exact) mass is 258 g/mol. The van der Waals surface area contributed by atoms with Gasteiger partial charge in [-0.1, -0.05) is 13.8 Å². The van der Waals surface area contributed by atoms with Crippen LogP contribution in [0.1, 0.15) is 33.1 Å². The van der Waals surface area contributed by atoms with E-state index in [9.17, 15) is 4.21 Å².